The molecule has 0 radical (unpaired) electrons. The van der Waals surface area contributed by atoms with Crippen molar-refractivity contribution in [2.24, 2.45) is 0 Å². The second kappa shape index (κ2) is 9.57. The number of halogens is 2. The Morgan fingerprint density at radius 1 is 1.10 bits per heavy atom. The van der Waals surface area contributed by atoms with Gasteiger partial charge in [0, 0.05) is 15.1 Å². The van der Waals surface area contributed by atoms with Gasteiger partial charge in [0.25, 0.3) is 5.91 Å². The molecule has 4 rings (SSSR count). The van der Waals surface area contributed by atoms with Crippen LogP contribution >= 0.6 is 51.5 Å². The quantitative estimate of drug-likeness (QED) is 0.254. The van der Waals surface area contributed by atoms with E-state index in [-0.39, 0.29) is 5.91 Å². The SMILES string of the molecule is Cc1ccc(N2C(=O)/C(=C/c3cc(Br)ccc3OCc3ccc(Cl)cc3)SC2=S)cc1. The van der Waals surface area contributed by atoms with Crippen LogP contribution in [0.15, 0.2) is 76.1 Å². The Bertz CT molecular complexity index is 1180. The highest BCUT2D eigenvalue weighted by atomic mass is 79.9. The Morgan fingerprint density at radius 2 is 1.81 bits per heavy atom. The van der Waals surface area contributed by atoms with Gasteiger partial charge in [-0.3, -0.25) is 9.69 Å². The Morgan fingerprint density at radius 3 is 2.52 bits per heavy atom. The number of aryl methyl sites for hydroxylation is 1. The van der Waals surface area contributed by atoms with Crippen LogP contribution in [0.4, 0.5) is 5.69 Å². The molecular weight excluding hydrogens is 514 g/mol. The first kappa shape index (κ1) is 22.1. The summed E-state index contributed by atoms with van der Waals surface area (Å²) in [6.07, 6.45) is 1.83. The van der Waals surface area contributed by atoms with E-state index in [1.54, 1.807) is 4.90 Å². The largest absolute Gasteiger partial charge is 0.488 e. The van der Waals surface area contributed by atoms with Crippen LogP contribution in [-0.4, -0.2) is 10.2 Å². The van der Waals surface area contributed by atoms with E-state index in [4.69, 9.17) is 28.6 Å². The lowest BCUT2D eigenvalue weighted by Crippen LogP contribution is -2.27. The van der Waals surface area contributed by atoms with E-state index in [0.29, 0.717) is 26.6 Å². The van der Waals surface area contributed by atoms with Gasteiger partial charge in [0.15, 0.2) is 4.32 Å². The molecule has 1 heterocycles. The lowest BCUT2D eigenvalue weighted by Gasteiger charge is -2.14. The number of carbonyl (C=O) groups is 1. The van der Waals surface area contributed by atoms with Crippen LogP contribution in [0.3, 0.4) is 0 Å². The highest BCUT2D eigenvalue weighted by Gasteiger charge is 2.33. The molecule has 3 nitrogen and oxygen atoms in total. The van der Waals surface area contributed by atoms with E-state index in [1.165, 1.54) is 11.8 Å². The smallest absolute Gasteiger partial charge is 0.270 e. The number of nitrogens with zero attached hydrogens (tertiary/aromatic N) is 1. The molecule has 0 unspecified atom stereocenters. The van der Waals surface area contributed by atoms with Crippen LogP contribution in [0, 0.1) is 6.92 Å². The molecular formula is C24H17BrClNO2S2. The number of benzene rings is 3. The van der Waals surface area contributed by atoms with Crippen molar-refractivity contribution in [2.45, 2.75) is 13.5 Å². The summed E-state index contributed by atoms with van der Waals surface area (Å²) in [5.74, 6) is 0.543. The Hall–Kier alpha value is -2.12. The minimum atomic E-state index is -0.137. The third-order valence-corrected chi connectivity index (χ3v) is 6.70. The second-order valence-corrected chi connectivity index (χ2v) is 9.98. The zero-order chi connectivity index (χ0) is 22.0. The van der Waals surface area contributed by atoms with Crippen LogP contribution in [0.5, 0.6) is 5.75 Å². The number of thiocarbonyl (C=S) groups is 1. The van der Waals surface area contributed by atoms with Crippen molar-refractivity contribution in [1.29, 1.82) is 0 Å². The summed E-state index contributed by atoms with van der Waals surface area (Å²) >= 11 is 16.2. The first-order valence-electron chi connectivity index (χ1n) is 9.42. The normalized spacial score (nSPS) is 15.1. The number of carbonyl (C=O) groups excluding carboxylic acids is 1. The van der Waals surface area contributed by atoms with Gasteiger partial charge in [-0.15, -0.1) is 0 Å². The molecule has 0 aromatic heterocycles. The first-order valence-corrected chi connectivity index (χ1v) is 11.8. The molecule has 156 valence electrons. The summed E-state index contributed by atoms with van der Waals surface area (Å²) < 4.78 is 7.45. The number of hydrogen-bond acceptors (Lipinski definition) is 4. The number of rotatable bonds is 5. The van der Waals surface area contributed by atoms with Crippen LogP contribution < -0.4 is 9.64 Å². The van der Waals surface area contributed by atoms with Gasteiger partial charge >= 0.3 is 0 Å². The van der Waals surface area contributed by atoms with Crippen molar-refractivity contribution < 1.29 is 9.53 Å². The molecule has 3 aromatic rings. The van der Waals surface area contributed by atoms with Crippen LogP contribution in [0.2, 0.25) is 5.02 Å². The number of anilines is 1. The third-order valence-electron chi connectivity index (χ3n) is 4.65. The van der Waals surface area contributed by atoms with Crippen LogP contribution in [0.1, 0.15) is 16.7 Å². The van der Waals surface area contributed by atoms with E-state index in [0.717, 1.165) is 26.9 Å². The van der Waals surface area contributed by atoms with E-state index < -0.39 is 0 Å². The summed E-state index contributed by atoms with van der Waals surface area (Å²) in [5.41, 5.74) is 3.70. The second-order valence-electron chi connectivity index (χ2n) is 6.95. The molecule has 1 fully saturated rings. The first-order chi connectivity index (χ1) is 14.9. The zero-order valence-corrected chi connectivity index (χ0v) is 20.4. The Kier molecular flexibility index (Phi) is 6.82. The molecule has 0 saturated carbocycles. The highest BCUT2D eigenvalue weighted by molar-refractivity contribution is 9.10. The third kappa shape index (κ3) is 5.21. The lowest BCUT2D eigenvalue weighted by atomic mass is 10.1. The summed E-state index contributed by atoms with van der Waals surface area (Å²) in [5, 5.41) is 0.684. The fraction of sp³-hybridized carbons (Fsp3) is 0.0833. The van der Waals surface area contributed by atoms with E-state index in [1.807, 2.05) is 79.7 Å². The monoisotopic (exact) mass is 529 g/mol. The molecule has 1 aliphatic rings. The molecule has 1 aliphatic heterocycles. The predicted molar refractivity (Wildman–Crippen MR) is 137 cm³/mol. The number of thioether (sulfide) groups is 1. The van der Waals surface area contributed by atoms with Crippen molar-refractivity contribution in [1.82, 2.24) is 0 Å². The minimum Gasteiger partial charge on any atom is -0.488 e. The Labute approximate surface area is 204 Å². The molecule has 0 atom stereocenters. The molecule has 7 heteroatoms. The fourth-order valence-electron chi connectivity index (χ4n) is 3.03. The summed E-state index contributed by atoms with van der Waals surface area (Å²) in [7, 11) is 0. The van der Waals surface area contributed by atoms with Crippen molar-refractivity contribution in [3.63, 3.8) is 0 Å². The van der Waals surface area contributed by atoms with Gasteiger partial charge in [-0.2, -0.15) is 0 Å². The lowest BCUT2D eigenvalue weighted by molar-refractivity contribution is -0.113. The number of hydrogen-bond donors (Lipinski definition) is 0. The standard InChI is InChI=1S/C24H17BrClNO2S2/c1-15-2-9-20(10-3-15)27-23(28)22(31-24(27)30)13-17-12-18(25)6-11-21(17)29-14-16-4-7-19(26)8-5-16/h2-13H,14H2,1H3/b22-13-. The van der Waals surface area contributed by atoms with E-state index in [9.17, 15) is 4.79 Å². The van der Waals surface area contributed by atoms with Gasteiger partial charge < -0.3 is 4.74 Å². The van der Waals surface area contributed by atoms with Crippen molar-refractivity contribution in [3.05, 3.63) is 97.8 Å². The van der Waals surface area contributed by atoms with Crippen molar-refractivity contribution in [3.8, 4) is 5.75 Å². The van der Waals surface area contributed by atoms with Crippen molar-refractivity contribution >= 4 is 73.5 Å². The average molecular weight is 531 g/mol. The molecule has 0 aliphatic carbocycles. The maximum absolute atomic E-state index is 13.1. The maximum Gasteiger partial charge on any atom is 0.270 e. The van der Waals surface area contributed by atoms with Gasteiger partial charge in [-0.25, -0.2) is 0 Å². The van der Waals surface area contributed by atoms with E-state index >= 15 is 0 Å². The number of amides is 1. The molecule has 1 saturated heterocycles. The maximum atomic E-state index is 13.1. The van der Waals surface area contributed by atoms with Gasteiger partial charge in [0.05, 0.1) is 10.6 Å². The predicted octanol–water partition coefficient (Wildman–Crippen LogP) is 7.40. The van der Waals surface area contributed by atoms with Gasteiger partial charge in [0.2, 0.25) is 0 Å². The number of ether oxygens (including phenoxy) is 1. The van der Waals surface area contributed by atoms with Crippen molar-refractivity contribution in [2.75, 3.05) is 4.90 Å². The fourth-order valence-corrected chi connectivity index (χ4v) is 4.83. The molecule has 3 aromatic carbocycles. The molecule has 0 spiro atoms. The van der Waals surface area contributed by atoms with Gasteiger partial charge in [-0.05, 0) is 61.0 Å². The van der Waals surface area contributed by atoms with Crippen LogP contribution in [-0.2, 0) is 11.4 Å². The molecule has 1 amide bonds. The topological polar surface area (TPSA) is 29.5 Å². The molecule has 0 bridgehead atoms. The minimum absolute atomic E-state index is 0.137. The summed E-state index contributed by atoms with van der Waals surface area (Å²) in [6, 6.07) is 21.0. The summed E-state index contributed by atoms with van der Waals surface area (Å²) in [4.78, 5) is 15.2. The average Bonchev–Trinajstić information content (AvgIpc) is 3.02. The van der Waals surface area contributed by atoms with Gasteiger partial charge in [-0.1, -0.05) is 81.3 Å². The van der Waals surface area contributed by atoms with E-state index in [2.05, 4.69) is 15.9 Å². The Balaban J connectivity index is 1.59. The molecule has 31 heavy (non-hydrogen) atoms. The van der Waals surface area contributed by atoms with Crippen LogP contribution in [0.25, 0.3) is 6.08 Å². The highest BCUT2D eigenvalue weighted by Crippen LogP contribution is 2.37. The zero-order valence-electron chi connectivity index (χ0n) is 16.5. The molecule has 0 N–H and O–H groups in total. The van der Waals surface area contributed by atoms with Gasteiger partial charge in [0.1, 0.15) is 12.4 Å². The summed E-state index contributed by atoms with van der Waals surface area (Å²) in [6.45, 7) is 2.40.